The number of anilines is 1. The molecule has 2 aliphatic heterocycles. The summed E-state index contributed by atoms with van der Waals surface area (Å²) in [5, 5.41) is 6.50. The van der Waals surface area contributed by atoms with Crippen molar-refractivity contribution < 1.29 is 9.59 Å². The highest BCUT2D eigenvalue weighted by atomic mass is 35.5. The van der Waals surface area contributed by atoms with Gasteiger partial charge in [-0.25, -0.2) is 0 Å². The SMILES string of the molecule is Nc1n[nH]c(C(=O)N2CCC[C@@H](N3CCCC3=O)C2)c1Cl. The molecular weight excluding hydrogens is 294 g/mol. The molecule has 114 valence electrons. The van der Waals surface area contributed by atoms with Crippen LogP contribution in [0.25, 0.3) is 0 Å². The minimum atomic E-state index is -0.208. The molecule has 8 heteroatoms. The average Bonchev–Trinajstić information content (AvgIpc) is 3.06. The fraction of sp³-hybridized carbons (Fsp3) is 0.615. The number of nitrogens with one attached hydrogen (secondary N) is 1. The van der Waals surface area contributed by atoms with E-state index < -0.39 is 0 Å². The van der Waals surface area contributed by atoms with Crippen LogP contribution in [0.3, 0.4) is 0 Å². The molecule has 3 rings (SSSR count). The van der Waals surface area contributed by atoms with Crippen LogP contribution in [0.5, 0.6) is 0 Å². The summed E-state index contributed by atoms with van der Waals surface area (Å²) in [7, 11) is 0. The number of amides is 2. The van der Waals surface area contributed by atoms with Crippen molar-refractivity contribution in [2.24, 2.45) is 0 Å². The lowest BCUT2D eigenvalue weighted by Gasteiger charge is -2.37. The Hall–Kier alpha value is -1.76. The standard InChI is InChI=1S/C13H18ClN5O2/c14-10-11(16-17-12(10)15)13(21)18-5-1-3-8(7-18)19-6-2-4-9(19)20/h8H,1-7H2,(H3,15,16,17)/t8-/m1/s1. The van der Waals surface area contributed by atoms with Gasteiger partial charge in [-0.15, -0.1) is 0 Å². The fourth-order valence-electron chi connectivity index (χ4n) is 3.09. The molecule has 7 nitrogen and oxygen atoms in total. The van der Waals surface area contributed by atoms with Crippen LogP contribution in [-0.2, 0) is 4.79 Å². The molecule has 0 saturated carbocycles. The van der Waals surface area contributed by atoms with Gasteiger partial charge in [0.05, 0.1) is 0 Å². The lowest BCUT2D eigenvalue weighted by molar-refractivity contribution is -0.130. The monoisotopic (exact) mass is 311 g/mol. The van der Waals surface area contributed by atoms with Crippen molar-refractivity contribution in [1.29, 1.82) is 0 Å². The number of nitrogens with two attached hydrogens (primary N) is 1. The molecule has 2 fully saturated rings. The third kappa shape index (κ3) is 2.57. The molecule has 3 heterocycles. The Morgan fingerprint density at radius 2 is 2.19 bits per heavy atom. The maximum absolute atomic E-state index is 12.5. The molecule has 1 atom stereocenters. The van der Waals surface area contributed by atoms with E-state index in [1.807, 2.05) is 4.90 Å². The Bertz CT molecular complexity index is 573. The molecule has 1 aromatic rings. The van der Waals surface area contributed by atoms with Crippen LogP contribution < -0.4 is 5.73 Å². The van der Waals surface area contributed by atoms with Crippen LogP contribution in [0.15, 0.2) is 0 Å². The lowest BCUT2D eigenvalue weighted by atomic mass is 10.0. The second-order valence-electron chi connectivity index (χ2n) is 5.54. The van der Waals surface area contributed by atoms with Crippen LogP contribution in [0.2, 0.25) is 5.02 Å². The third-order valence-electron chi connectivity index (χ3n) is 4.18. The summed E-state index contributed by atoms with van der Waals surface area (Å²) >= 11 is 5.98. The predicted molar refractivity (Wildman–Crippen MR) is 77.9 cm³/mol. The summed E-state index contributed by atoms with van der Waals surface area (Å²) in [5.41, 5.74) is 5.78. The van der Waals surface area contributed by atoms with Crippen molar-refractivity contribution >= 4 is 29.2 Å². The number of aromatic amines is 1. The second kappa shape index (κ2) is 5.55. The summed E-state index contributed by atoms with van der Waals surface area (Å²) in [4.78, 5) is 28.0. The Morgan fingerprint density at radius 3 is 2.81 bits per heavy atom. The van der Waals surface area contributed by atoms with E-state index in [2.05, 4.69) is 10.2 Å². The van der Waals surface area contributed by atoms with Gasteiger partial charge in [-0.1, -0.05) is 11.6 Å². The summed E-state index contributed by atoms with van der Waals surface area (Å²) in [6.07, 6.45) is 3.34. The van der Waals surface area contributed by atoms with Crippen molar-refractivity contribution in [2.75, 3.05) is 25.4 Å². The highest BCUT2D eigenvalue weighted by Gasteiger charge is 2.34. The first kappa shape index (κ1) is 14.2. The fourth-order valence-corrected chi connectivity index (χ4v) is 3.26. The molecule has 2 saturated heterocycles. The maximum atomic E-state index is 12.5. The van der Waals surface area contributed by atoms with E-state index in [9.17, 15) is 9.59 Å². The zero-order valence-electron chi connectivity index (χ0n) is 11.6. The van der Waals surface area contributed by atoms with Crippen molar-refractivity contribution in [3.63, 3.8) is 0 Å². The number of nitrogens with zero attached hydrogens (tertiary/aromatic N) is 3. The minimum absolute atomic E-state index is 0.108. The molecular formula is C13H18ClN5O2. The Kier molecular flexibility index (Phi) is 3.75. The van der Waals surface area contributed by atoms with Crippen molar-refractivity contribution in [3.8, 4) is 0 Å². The highest BCUT2D eigenvalue weighted by Crippen LogP contribution is 2.25. The molecule has 2 aliphatic rings. The highest BCUT2D eigenvalue weighted by molar-refractivity contribution is 6.35. The van der Waals surface area contributed by atoms with Gasteiger partial charge in [-0.3, -0.25) is 14.7 Å². The number of hydrogen-bond donors (Lipinski definition) is 2. The smallest absolute Gasteiger partial charge is 0.273 e. The molecule has 3 N–H and O–H groups in total. The average molecular weight is 312 g/mol. The van der Waals surface area contributed by atoms with Crippen LogP contribution in [0.1, 0.15) is 36.2 Å². The van der Waals surface area contributed by atoms with Crippen LogP contribution in [0, 0.1) is 0 Å². The number of likely N-dealkylation sites (tertiary alicyclic amines) is 2. The Morgan fingerprint density at radius 1 is 1.38 bits per heavy atom. The number of H-pyrrole nitrogens is 1. The van der Waals surface area contributed by atoms with E-state index >= 15 is 0 Å². The van der Waals surface area contributed by atoms with Gasteiger partial charge in [-0.05, 0) is 19.3 Å². The normalized spacial score (nSPS) is 22.9. The zero-order chi connectivity index (χ0) is 15.0. The summed E-state index contributed by atoms with van der Waals surface area (Å²) in [5.74, 6) is 0.113. The van der Waals surface area contributed by atoms with Gasteiger partial charge in [-0.2, -0.15) is 5.10 Å². The van der Waals surface area contributed by atoms with E-state index in [1.54, 1.807) is 4.90 Å². The topological polar surface area (TPSA) is 95.3 Å². The zero-order valence-corrected chi connectivity index (χ0v) is 12.4. The molecule has 1 aromatic heterocycles. The second-order valence-corrected chi connectivity index (χ2v) is 5.91. The van der Waals surface area contributed by atoms with E-state index in [1.165, 1.54) is 0 Å². The molecule has 0 bridgehead atoms. The molecule has 0 aromatic carbocycles. The van der Waals surface area contributed by atoms with Crippen LogP contribution in [0.4, 0.5) is 5.82 Å². The third-order valence-corrected chi connectivity index (χ3v) is 4.56. The molecule has 0 aliphatic carbocycles. The first-order chi connectivity index (χ1) is 10.1. The number of nitrogen functional groups attached to an aromatic ring is 1. The number of halogens is 1. The number of piperidine rings is 1. The van der Waals surface area contributed by atoms with Gasteiger partial charge in [0, 0.05) is 32.1 Å². The summed E-state index contributed by atoms with van der Waals surface area (Å²) < 4.78 is 0. The number of rotatable bonds is 2. The molecule has 0 spiro atoms. The van der Waals surface area contributed by atoms with E-state index in [4.69, 9.17) is 17.3 Å². The van der Waals surface area contributed by atoms with Gasteiger partial charge in [0.1, 0.15) is 10.7 Å². The van der Waals surface area contributed by atoms with Crippen LogP contribution in [-0.4, -0.2) is 57.5 Å². The number of aromatic nitrogens is 2. The van der Waals surface area contributed by atoms with Crippen LogP contribution >= 0.6 is 11.6 Å². The molecule has 0 radical (unpaired) electrons. The van der Waals surface area contributed by atoms with E-state index in [0.29, 0.717) is 19.5 Å². The first-order valence-electron chi connectivity index (χ1n) is 7.16. The van der Waals surface area contributed by atoms with E-state index in [0.717, 1.165) is 25.8 Å². The first-order valence-corrected chi connectivity index (χ1v) is 7.54. The summed E-state index contributed by atoms with van der Waals surface area (Å²) in [6, 6.07) is 0.108. The predicted octanol–water partition coefficient (Wildman–Crippen LogP) is 0.872. The Balaban J connectivity index is 1.72. The van der Waals surface area contributed by atoms with Gasteiger partial charge >= 0.3 is 0 Å². The van der Waals surface area contributed by atoms with Crippen molar-refractivity contribution in [2.45, 2.75) is 31.7 Å². The Labute approximate surface area is 127 Å². The van der Waals surface area contributed by atoms with Crippen molar-refractivity contribution in [1.82, 2.24) is 20.0 Å². The van der Waals surface area contributed by atoms with Gasteiger partial charge in [0.25, 0.3) is 5.91 Å². The number of carbonyl (C=O) groups is 2. The quantitative estimate of drug-likeness (QED) is 0.847. The van der Waals surface area contributed by atoms with Crippen molar-refractivity contribution in [3.05, 3.63) is 10.7 Å². The maximum Gasteiger partial charge on any atom is 0.273 e. The molecule has 21 heavy (non-hydrogen) atoms. The largest absolute Gasteiger partial charge is 0.381 e. The van der Waals surface area contributed by atoms with Gasteiger partial charge in [0.15, 0.2) is 5.82 Å². The van der Waals surface area contributed by atoms with Gasteiger partial charge in [0.2, 0.25) is 5.91 Å². The number of hydrogen-bond acceptors (Lipinski definition) is 4. The molecule has 0 unspecified atom stereocenters. The van der Waals surface area contributed by atoms with Gasteiger partial charge < -0.3 is 15.5 Å². The molecule has 2 amide bonds. The minimum Gasteiger partial charge on any atom is -0.381 e. The summed E-state index contributed by atoms with van der Waals surface area (Å²) in [6.45, 7) is 2.00. The lowest BCUT2D eigenvalue weighted by Crippen LogP contribution is -2.50. The number of carbonyl (C=O) groups excluding carboxylic acids is 2. The van der Waals surface area contributed by atoms with E-state index in [-0.39, 0.29) is 34.4 Å².